The molecule has 0 N–H and O–H groups in total. The van der Waals surface area contributed by atoms with Gasteiger partial charge in [-0.1, -0.05) is 27.7 Å². The number of allylic oxidation sites excluding steroid dienone is 4. The molecule has 2 aliphatic heterocycles. The molecule has 14 nitrogen and oxygen atoms in total. The third kappa shape index (κ3) is 4.67. The van der Waals surface area contributed by atoms with Gasteiger partial charge in [0.25, 0.3) is 0 Å². The highest BCUT2D eigenvalue weighted by Crippen LogP contribution is 2.29. The number of carbonyl (C=O) groups is 4. The van der Waals surface area contributed by atoms with E-state index < -0.39 is 22.8 Å². The first-order chi connectivity index (χ1) is 19.0. The molecule has 40 heavy (non-hydrogen) atoms. The number of nitrogens with zero attached hydrogens (tertiary/aromatic N) is 6. The van der Waals surface area contributed by atoms with Gasteiger partial charge in [0.1, 0.15) is 24.5 Å². The zero-order chi connectivity index (χ0) is 30.0. The molecule has 0 atom stereocenters. The van der Waals surface area contributed by atoms with Crippen molar-refractivity contribution in [3.05, 3.63) is 53.1 Å². The SMILES string of the molecule is CC.CC.Cn1c(=O)n2n(c1=O)C1=C(CCCC1=O)C(=O)C2.Cn1c(=O)n2n(c1=O)C1=C(CCCC1=O)C(=O)C2. The fraction of sp³-hybridized carbons (Fsp3) is 0.538. The minimum Gasteiger partial charge on any atom is -0.292 e. The van der Waals surface area contributed by atoms with Crippen LogP contribution in [0.25, 0.3) is 11.4 Å². The summed E-state index contributed by atoms with van der Waals surface area (Å²) >= 11 is 0. The Balaban J connectivity index is 0.000000196. The second kappa shape index (κ2) is 11.8. The summed E-state index contributed by atoms with van der Waals surface area (Å²) in [5.41, 5.74) is -1.32. The van der Waals surface area contributed by atoms with Crippen molar-refractivity contribution in [3.8, 4) is 0 Å². The molecule has 0 bridgehead atoms. The minimum atomic E-state index is -0.574. The van der Waals surface area contributed by atoms with E-state index >= 15 is 0 Å². The van der Waals surface area contributed by atoms with Gasteiger partial charge in [0.2, 0.25) is 0 Å². The van der Waals surface area contributed by atoms with Crippen molar-refractivity contribution in [2.75, 3.05) is 0 Å². The van der Waals surface area contributed by atoms with E-state index in [2.05, 4.69) is 0 Å². The van der Waals surface area contributed by atoms with Crippen LogP contribution in [0.15, 0.2) is 30.3 Å². The van der Waals surface area contributed by atoms with Gasteiger partial charge in [0, 0.05) is 38.1 Å². The van der Waals surface area contributed by atoms with E-state index in [1.54, 1.807) is 0 Å². The molecule has 2 aromatic heterocycles. The van der Waals surface area contributed by atoms with Crippen molar-refractivity contribution < 1.29 is 19.2 Å². The van der Waals surface area contributed by atoms with Crippen molar-refractivity contribution in [3.63, 3.8) is 0 Å². The van der Waals surface area contributed by atoms with E-state index in [9.17, 15) is 38.4 Å². The van der Waals surface area contributed by atoms with Gasteiger partial charge in [0.15, 0.2) is 23.1 Å². The number of Topliss-reactive ketones (excluding diaryl/α,β-unsaturated/α-hetero) is 4. The summed E-state index contributed by atoms with van der Waals surface area (Å²) in [7, 11) is 2.67. The van der Waals surface area contributed by atoms with E-state index in [0.717, 1.165) is 27.9 Å². The van der Waals surface area contributed by atoms with Crippen LogP contribution >= 0.6 is 0 Å². The highest BCUT2D eigenvalue weighted by molar-refractivity contribution is 6.24. The number of hydrogen-bond donors (Lipinski definition) is 0. The van der Waals surface area contributed by atoms with Crippen molar-refractivity contribution in [1.82, 2.24) is 27.9 Å². The zero-order valence-electron chi connectivity index (χ0n) is 23.6. The number of fused-ring (bicyclic) bond motifs is 4. The maximum Gasteiger partial charge on any atom is 0.351 e. The standard InChI is InChI=1S/2C11H11N3O4.2C2H6/c2*1-12-10(17)13-5-8(16)6-3-2-4-7(15)9(6)14(13)11(12)18;2*1-2/h2*2-5H2,1H3;2*1-2H3. The van der Waals surface area contributed by atoms with Gasteiger partial charge in [-0.15, -0.1) is 0 Å². The quantitative estimate of drug-likeness (QED) is 0.430. The number of carbonyl (C=O) groups excluding carboxylic acids is 4. The van der Waals surface area contributed by atoms with Gasteiger partial charge < -0.3 is 0 Å². The molecule has 4 aliphatic rings. The van der Waals surface area contributed by atoms with Gasteiger partial charge in [-0.05, 0) is 25.7 Å². The Morgan fingerprint density at radius 1 is 0.450 bits per heavy atom. The third-order valence-corrected chi connectivity index (χ3v) is 6.88. The van der Waals surface area contributed by atoms with Crippen LogP contribution in [0.2, 0.25) is 0 Å². The average Bonchev–Trinajstić information content (AvgIpc) is 3.31. The summed E-state index contributed by atoms with van der Waals surface area (Å²) in [4.78, 5) is 95.1. The van der Waals surface area contributed by atoms with Crippen LogP contribution in [-0.4, -0.2) is 51.0 Å². The Hall–Kier alpha value is -4.36. The van der Waals surface area contributed by atoms with Gasteiger partial charge in [-0.25, -0.2) is 37.7 Å². The molecule has 0 aromatic carbocycles. The molecule has 0 saturated carbocycles. The molecule has 14 heteroatoms. The summed E-state index contributed by atoms with van der Waals surface area (Å²) in [5, 5.41) is 0. The molecule has 0 radical (unpaired) electrons. The monoisotopic (exact) mass is 558 g/mol. The second-order valence-electron chi connectivity index (χ2n) is 9.04. The van der Waals surface area contributed by atoms with Gasteiger partial charge in [-0.3, -0.25) is 19.2 Å². The fourth-order valence-corrected chi connectivity index (χ4v) is 5.04. The van der Waals surface area contributed by atoms with Crippen molar-refractivity contribution >= 4 is 34.5 Å². The van der Waals surface area contributed by atoms with Crippen LogP contribution in [-0.2, 0) is 46.4 Å². The van der Waals surface area contributed by atoms with Gasteiger partial charge in [-0.2, -0.15) is 9.36 Å². The molecule has 2 aromatic rings. The van der Waals surface area contributed by atoms with Crippen LogP contribution in [0.3, 0.4) is 0 Å². The maximum atomic E-state index is 11.9. The van der Waals surface area contributed by atoms with Crippen LogP contribution < -0.4 is 22.8 Å². The van der Waals surface area contributed by atoms with Crippen LogP contribution in [0, 0.1) is 0 Å². The van der Waals surface area contributed by atoms with Crippen LogP contribution in [0.4, 0.5) is 0 Å². The average molecular weight is 559 g/mol. The third-order valence-electron chi connectivity index (χ3n) is 6.88. The lowest BCUT2D eigenvalue weighted by molar-refractivity contribution is -0.119. The lowest BCUT2D eigenvalue weighted by Gasteiger charge is -2.24. The summed E-state index contributed by atoms with van der Waals surface area (Å²) < 4.78 is 6.00. The Morgan fingerprint density at radius 2 is 0.775 bits per heavy atom. The van der Waals surface area contributed by atoms with Crippen LogP contribution in [0.1, 0.15) is 66.2 Å². The molecular formula is C26H34N6O8. The predicted octanol–water partition coefficient (Wildman–Crippen LogP) is -0.157. The topological polar surface area (TPSA) is 166 Å². The molecule has 0 saturated heterocycles. The lowest BCUT2D eigenvalue weighted by Crippen LogP contribution is -2.39. The molecule has 6 rings (SSSR count). The number of hydrogen-bond acceptors (Lipinski definition) is 8. The maximum absolute atomic E-state index is 11.9. The molecular weight excluding hydrogens is 524 g/mol. The number of aromatic nitrogens is 6. The Morgan fingerprint density at radius 3 is 1.10 bits per heavy atom. The van der Waals surface area contributed by atoms with E-state index in [1.807, 2.05) is 27.7 Å². The molecule has 2 aliphatic carbocycles. The molecule has 0 fully saturated rings. The van der Waals surface area contributed by atoms with E-state index in [-0.39, 0.29) is 47.6 Å². The second-order valence-corrected chi connectivity index (χ2v) is 9.04. The van der Waals surface area contributed by atoms with Crippen molar-refractivity contribution in [2.45, 2.75) is 79.3 Å². The summed E-state index contributed by atoms with van der Waals surface area (Å²) in [5.74, 6) is -0.979. The largest absolute Gasteiger partial charge is 0.351 e. The van der Waals surface area contributed by atoms with Crippen molar-refractivity contribution in [1.29, 1.82) is 0 Å². The molecule has 216 valence electrons. The number of rotatable bonds is 0. The first kappa shape index (κ1) is 30.2. The van der Waals surface area contributed by atoms with E-state index in [4.69, 9.17) is 0 Å². The molecule has 0 spiro atoms. The summed E-state index contributed by atoms with van der Waals surface area (Å²) in [6.45, 7) is 7.67. The minimum absolute atomic E-state index is 0.0974. The summed E-state index contributed by atoms with van der Waals surface area (Å²) in [6.07, 6.45) is 2.85. The van der Waals surface area contributed by atoms with Gasteiger partial charge >= 0.3 is 22.8 Å². The molecule has 0 unspecified atom stereocenters. The highest BCUT2D eigenvalue weighted by Gasteiger charge is 2.36. The first-order valence-corrected chi connectivity index (χ1v) is 13.4. The van der Waals surface area contributed by atoms with Gasteiger partial charge in [0.05, 0.1) is 0 Å². The predicted molar refractivity (Wildman–Crippen MR) is 145 cm³/mol. The highest BCUT2D eigenvalue weighted by atomic mass is 16.2. The smallest absolute Gasteiger partial charge is 0.292 e. The first-order valence-electron chi connectivity index (χ1n) is 13.4. The fourth-order valence-electron chi connectivity index (χ4n) is 5.04. The number of ketones is 4. The van der Waals surface area contributed by atoms with E-state index in [1.165, 1.54) is 14.1 Å². The Kier molecular flexibility index (Phi) is 8.90. The van der Waals surface area contributed by atoms with E-state index in [0.29, 0.717) is 49.7 Å². The Labute approximate surface area is 228 Å². The van der Waals surface area contributed by atoms with Crippen molar-refractivity contribution in [2.24, 2.45) is 14.1 Å². The van der Waals surface area contributed by atoms with Crippen LogP contribution in [0.5, 0.6) is 0 Å². The molecule has 0 amide bonds. The zero-order valence-corrected chi connectivity index (χ0v) is 23.6. The lowest BCUT2D eigenvalue weighted by atomic mass is 9.91. The normalized spacial score (nSPS) is 17.4. The molecule has 4 heterocycles. The summed E-state index contributed by atoms with van der Waals surface area (Å²) in [6, 6.07) is 0. The Bertz CT molecular complexity index is 1590.